The van der Waals surface area contributed by atoms with Crippen LogP contribution in [-0.4, -0.2) is 6.54 Å². The summed E-state index contributed by atoms with van der Waals surface area (Å²) in [5, 5.41) is 3.57. The molecule has 1 unspecified atom stereocenters. The Morgan fingerprint density at radius 1 is 1.26 bits per heavy atom. The molecule has 0 spiro atoms. The fourth-order valence-corrected chi connectivity index (χ4v) is 2.90. The van der Waals surface area contributed by atoms with Gasteiger partial charge in [0.05, 0.1) is 0 Å². The Morgan fingerprint density at radius 3 is 2.74 bits per heavy atom. The van der Waals surface area contributed by atoms with Crippen LogP contribution in [-0.2, 0) is 6.54 Å². The van der Waals surface area contributed by atoms with Crippen LogP contribution in [0.2, 0.25) is 0 Å². The molecule has 0 saturated heterocycles. The average Bonchev–Trinajstić information content (AvgIpc) is 2.45. The van der Waals surface area contributed by atoms with Gasteiger partial charge in [0, 0.05) is 6.54 Å². The van der Waals surface area contributed by atoms with Crippen LogP contribution in [0.5, 0.6) is 0 Å². The predicted octanol–water partition coefficient (Wildman–Crippen LogP) is 4.55. The maximum atomic E-state index is 3.57. The topological polar surface area (TPSA) is 12.0 Å². The van der Waals surface area contributed by atoms with Gasteiger partial charge in [0.1, 0.15) is 0 Å². The number of rotatable bonds is 6. The van der Waals surface area contributed by atoms with Gasteiger partial charge in [-0.05, 0) is 56.6 Å². The molecule has 0 heterocycles. The summed E-state index contributed by atoms with van der Waals surface area (Å²) in [6.45, 7) is 6.82. The van der Waals surface area contributed by atoms with Gasteiger partial charge >= 0.3 is 0 Å². The molecule has 0 bridgehead atoms. The first-order chi connectivity index (χ1) is 9.25. The zero-order valence-corrected chi connectivity index (χ0v) is 12.4. The van der Waals surface area contributed by atoms with E-state index in [1.807, 2.05) is 0 Å². The molecule has 19 heavy (non-hydrogen) atoms. The smallest absolute Gasteiger partial charge is 0.0205 e. The maximum Gasteiger partial charge on any atom is 0.0205 e. The van der Waals surface area contributed by atoms with Crippen molar-refractivity contribution in [3.63, 3.8) is 0 Å². The van der Waals surface area contributed by atoms with Crippen molar-refractivity contribution in [1.29, 1.82) is 0 Å². The van der Waals surface area contributed by atoms with Crippen LogP contribution >= 0.6 is 0 Å². The molecule has 1 aromatic rings. The Hall–Kier alpha value is -1.08. The predicted molar refractivity (Wildman–Crippen MR) is 83.0 cm³/mol. The lowest BCUT2D eigenvalue weighted by atomic mass is 9.80. The van der Waals surface area contributed by atoms with E-state index in [9.17, 15) is 0 Å². The number of benzene rings is 1. The molecule has 1 aromatic carbocycles. The van der Waals surface area contributed by atoms with Gasteiger partial charge in [-0.3, -0.25) is 0 Å². The summed E-state index contributed by atoms with van der Waals surface area (Å²) in [4.78, 5) is 0. The highest BCUT2D eigenvalue weighted by molar-refractivity contribution is 5.14. The van der Waals surface area contributed by atoms with Crippen molar-refractivity contribution in [3.8, 4) is 0 Å². The zero-order valence-electron chi connectivity index (χ0n) is 12.4. The average molecular weight is 257 g/mol. The summed E-state index contributed by atoms with van der Waals surface area (Å²) in [6.07, 6.45) is 7.74. The number of nitrogens with one attached hydrogen (secondary N) is 1. The van der Waals surface area contributed by atoms with Gasteiger partial charge in [0.25, 0.3) is 0 Å². The third-order valence-corrected chi connectivity index (χ3v) is 4.43. The van der Waals surface area contributed by atoms with E-state index in [-0.39, 0.29) is 0 Å². The second-order valence-corrected chi connectivity index (χ2v) is 6.01. The van der Waals surface area contributed by atoms with Crippen molar-refractivity contribution in [2.24, 2.45) is 11.8 Å². The molecule has 1 aliphatic carbocycles. The molecule has 0 aliphatic heterocycles. The summed E-state index contributed by atoms with van der Waals surface area (Å²) in [6, 6.07) is 10.7. The molecule has 2 rings (SSSR count). The van der Waals surface area contributed by atoms with E-state index >= 15 is 0 Å². The highest BCUT2D eigenvalue weighted by atomic mass is 14.8. The van der Waals surface area contributed by atoms with E-state index < -0.39 is 0 Å². The van der Waals surface area contributed by atoms with Crippen molar-refractivity contribution in [3.05, 3.63) is 47.5 Å². The van der Waals surface area contributed by atoms with E-state index in [0.717, 1.165) is 24.9 Å². The molecule has 1 aliphatic rings. The summed E-state index contributed by atoms with van der Waals surface area (Å²) in [5.41, 5.74) is 2.97. The van der Waals surface area contributed by atoms with Crippen LogP contribution in [0.25, 0.3) is 0 Å². The monoisotopic (exact) mass is 257 g/mol. The Labute approximate surface area is 118 Å². The highest BCUT2D eigenvalue weighted by Crippen LogP contribution is 2.30. The third kappa shape index (κ3) is 4.83. The van der Waals surface area contributed by atoms with Crippen LogP contribution in [0.3, 0.4) is 0 Å². The van der Waals surface area contributed by atoms with E-state index in [0.29, 0.717) is 0 Å². The molecule has 0 amide bonds. The molecule has 104 valence electrons. The lowest BCUT2D eigenvalue weighted by molar-refractivity contribution is 0.306. The molecular weight excluding hydrogens is 230 g/mol. The quantitative estimate of drug-likeness (QED) is 0.582. The minimum absolute atomic E-state index is 0.840. The normalized spacial score (nSPS) is 20.9. The molecule has 0 fully saturated rings. The Bertz CT molecular complexity index is 393. The van der Waals surface area contributed by atoms with Crippen LogP contribution in [0, 0.1) is 11.8 Å². The first-order valence-electron chi connectivity index (χ1n) is 7.66. The van der Waals surface area contributed by atoms with Gasteiger partial charge in [-0.2, -0.15) is 0 Å². The first kappa shape index (κ1) is 14.3. The van der Waals surface area contributed by atoms with E-state index in [1.165, 1.54) is 31.2 Å². The zero-order chi connectivity index (χ0) is 13.5. The Kier molecular flexibility index (Phi) is 5.65. The minimum Gasteiger partial charge on any atom is -0.313 e. The molecule has 0 aromatic heterocycles. The van der Waals surface area contributed by atoms with Crippen molar-refractivity contribution >= 4 is 0 Å². The first-order valence-corrected chi connectivity index (χ1v) is 7.66. The second-order valence-electron chi connectivity index (χ2n) is 6.01. The molecule has 1 nitrogen and oxygen atoms in total. The van der Waals surface area contributed by atoms with Crippen LogP contribution in [0.15, 0.2) is 42.0 Å². The number of hydrogen-bond donors (Lipinski definition) is 1. The standard InChI is InChI=1S/C18H27N/c1-15-8-10-18(11-9-15)16(2)12-13-19-14-17-6-4-3-5-7-17/h3-8,16,18-19H,9-14H2,1-2H3/t16?,18-/m0/s1. The summed E-state index contributed by atoms with van der Waals surface area (Å²) >= 11 is 0. The van der Waals surface area contributed by atoms with Crippen molar-refractivity contribution < 1.29 is 0 Å². The van der Waals surface area contributed by atoms with Crippen LogP contribution in [0.1, 0.15) is 45.1 Å². The van der Waals surface area contributed by atoms with Gasteiger partial charge < -0.3 is 5.32 Å². The Balaban J connectivity index is 1.63. The van der Waals surface area contributed by atoms with E-state index in [1.54, 1.807) is 5.57 Å². The molecule has 1 N–H and O–H groups in total. The van der Waals surface area contributed by atoms with Gasteiger partial charge in [0.15, 0.2) is 0 Å². The van der Waals surface area contributed by atoms with Gasteiger partial charge in [-0.15, -0.1) is 0 Å². The van der Waals surface area contributed by atoms with Gasteiger partial charge in [0.2, 0.25) is 0 Å². The summed E-state index contributed by atoms with van der Waals surface area (Å²) < 4.78 is 0. The fourth-order valence-electron chi connectivity index (χ4n) is 2.90. The number of allylic oxidation sites excluding steroid dienone is 2. The molecule has 2 atom stereocenters. The maximum absolute atomic E-state index is 3.57. The van der Waals surface area contributed by atoms with Crippen molar-refractivity contribution in [1.82, 2.24) is 5.32 Å². The third-order valence-electron chi connectivity index (χ3n) is 4.43. The molecule has 0 radical (unpaired) electrons. The number of hydrogen-bond acceptors (Lipinski definition) is 1. The lowest BCUT2D eigenvalue weighted by Crippen LogP contribution is -2.21. The fraction of sp³-hybridized carbons (Fsp3) is 0.556. The van der Waals surface area contributed by atoms with Gasteiger partial charge in [-0.1, -0.05) is 48.9 Å². The van der Waals surface area contributed by atoms with Crippen LogP contribution < -0.4 is 5.32 Å². The van der Waals surface area contributed by atoms with E-state index in [4.69, 9.17) is 0 Å². The largest absolute Gasteiger partial charge is 0.313 e. The molecule has 0 saturated carbocycles. The lowest BCUT2D eigenvalue weighted by Gasteiger charge is -2.26. The van der Waals surface area contributed by atoms with Crippen LogP contribution in [0.4, 0.5) is 0 Å². The Morgan fingerprint density at radius 2 is 2.05 bits per heavy atom. The van der Waals surface area contributed by atoms with E-state index in [2.05, 4.69) is 55.6 Å². The van der Waals surface area contributed by atoms with Crippen molar-refractivity contribution in [2.75, 3.05) is 6.54 Å². The van der Waals surface area contributed by atoms with Gasteiger partial charge in [-0.25, -0.2) is 0 Å². The van der Waals surface area contributed by atoms with Crippen molar-refractivity contribution in [2.45, 2.75) is 46.1 Å². The molecule has 1 heteroatoms. The highest BCUT2D eigenvalue weighted by Gasteiger charge is 2.18. The SMILES string of the molecule is CC1=CC[C@H](C(C)CCNCc2ccccc2)CC1. The summed E-state index contributed by atoms with van der Waals surface area (Å²) in [5.74, 6) is 1.75. The summed E-state index contributed by atoms with van der Waals surface area (Å²) in [7, 11) is 0. The second kappa shape index (κ2) is 7.49. The minimum atomic E-state index is 0.840. The molecular formula is C18H27N.